The van der Waals surface area contributed by atoms with Crippen molar-refractivity contribution in [3.05, 3.63) is 101 Å². The highest BCUT2D eigenvalue weighted by Gasteiger charge is 2.33. The smallest absolute Gasteiger partial charge is 0.244 e. The summed E-state index contributed by atoms with van der Waals surface area (Å²) >= 11 is 6.01. The van der Waals surface area contributed by atoms with Crippen molar-refractivity contribution in [1.29, 1.82) is 0 Å². The molecule has 0 aliphatic rings. The number of hydrogen-bond acceptors (Lipinski definition) is 4. The van der Waals surface area contributed by atoms with E-state index in [1.165, 1.54) is 4.90 Å². The molecular weight excluding hydrogens is 534 g/mol. The lowest BCUT2D eigenvalue weighted by Crippen LogP contribution is -2.54. The largest absolute Gasteiger partial charge is 0.352 e. The Hall–Kier alpha value is -3.36. The van der Waals surface area contributed by atoms with Gasteiger partial charge in [0.1, 0.15) is 12.6 Å². The number of sulfonamides is 1. The normalized spacial score (nSPS) is 12.8. The molecule has 0 aliphatic heterocycles. The van der Waals surface area contributed by atoms with Crippen molar-refractivity contribution in [3.63, 3.8) is 0 Å². The Balaban J connectivity index is 2.06. The van der Waals surface area contributed by atoms with Crippen molar-refractivity contribution in [2.75, 3.05) is 17.1 Å². The molecule has 2 amide bonds. The molecule has 0 saturated carbocycles. The predicted molar refractivity (Wildman–Crippen MR) is 157 cm³/mol. The fourth-order valence-corrected chi connectivity index (χ4v) is 5.16. The van der Waals surface area contributed by atoms with E-state index in [9.17, 15) is 18.0 Å². The van der Waals surface area contributed by atoms with E-state index in [-0.39, 0.29) is 24.9 Å². The number of amides is 2. The number of aryl methyl sites for hydroxylation is 1. The van der Waals surface area contributed by atoms with Crippen LogP contribution >= 0.6 is 11.6 Å². The molecule has 0 aromatic heterocycles. The summed E-state index contributed by atoms with van der Waals surface area (Å²) in [6.07, 6.45) is 2.06. The van der Waals surface area contributed by atoms with Gasteiger partial charge in [-0.3, -0.25) is 13.9 Å². The van der Waals surface area contributed by atoms with Crippen LogP contribution in [0.15, 0.2) is 78.9 Å². The number of hydrogen-bond donors (Lipinski definition) is 1. The van der Waals surface area contributed by atoms with Gasteiger partial charge in [-0.25, -0.2) is 8.42 Å². The monoisotopic (exact) mass is 569 g/mol. The molecule has 39 heavy (non-hydrogen) atoms. The number of nitrogens with one attached hydrogen (secondary N) is 1. The maximum atomic E-state index is 14.1. The summed E-state index contributed by atoms with van der Waals surface area (Å²) in [7, 11) is -3.83. The number of anilines is 1. The fraction of sp³-hybridized carbons (Fsp3) is 0.333. The Labute approximate surface area is 236 Å². The van der Waals surface area contributed by atoms with Gasteiger partial charge in [0, 0.05) is 24.0 Å². The van der Waals surface area contributed by atoms with Gasteiger partial charge in [-0.2, -0.15) is 0 Å². The minimum atomic E-state index is -3.83. The molecule has 1 N–H and O–H groups in total. The lowest BCUT2D eigenvalue weighted by atomic mass is 10.0. The van der Waals surface area contributed by atoms with Gasteiger partial charge < -0.3 is 10.2 Å². The summed E-state index contributed by atoms with van der Waals surface area (Å²) in [6.45, 7) is 5.52. The maximum absolute atomic E-state index is 14.1. The molecule has 0 saturated heterocycles. The minimum absolute atomic E-state index is 0.0900. The van der Waals surface area contributed by atoms with Crippen LogP contribution in [0.3, 0.4) is 0 Å². The SMILES string of the molecule is CC[C@@H](C)NC(=O)[C@H](Cc1ccccc1)N(Cc1ccccc1C)C(=O)CN(c1ccc(Cl)cc1)S(C)(=O)=O. The highest BCUT2D eigenvalue weighted by molar-refractivity contribution is 7.92. The zero-order valence-corrected chi connectivity index (χ0v) is 24.4. The van der Waals surface area contributed by atoms with Crippen LogP contribution in [0.4, 0.5) is 5.69 Å². The Kier molecular flexibility index (Phi) is 10.5. The lowest BCUT2D eigenvalue weighted by molar-refractivity contribution is -0.140. The molecule has 3 rings (SSSR count). The van der Waals surface area contributed by atoms with Crippen LogP contribution in [0.25, 0.3) is 0 Å². The molecule has 0 radical (unpaired) electrons. The number of carbonyl (C=O) groups is 2. The first kappa shape index (κ1) is 30.2. The molecule has 0 spiro atoms. The second kappa shape index (κ2) is 13.6. The Morgan fingerprint density at radius 1 is 0.949 bits per heavy atom. The number of benzene rings is 3. The highest BCUT2D eigenvalue weighted by atomic mass is 35.5. The van der Waals surface area contributed by atoms with Gasteiger partial charge in [0.2, 0.25) is 21.8 Å². The minimum Gasteiger partial charge on any atom is -0.352 e. The average molecular weight is 570 g/mol. The van der Waals surface area contributed by atoms with Crippen molar-refractivity contribution < 1.29 is 18.0 Å². The number of halogens is 1. The first-order valence-corrected chi connectivity index (χ1v) is 15.1. The van der Waals surface area contributed by atoms with Crippen LogP contribution in [0.1, 0.15) is 37.0 Å². The van der Waals surface area contributed by atoms with Crippen molar-refractivity contribution in [2.24, 2.45) is 0 Å². The van der Waals surface area contributed by atoms with E-state index in [0.717, 1.165) is 33.7 Å². The number of carbonyl (C=O) groups excluding carboxylic acids is 2. The van der Waals surface area contributed by atoms with Crippen molar-refractivity contribution in [1.82, 2.24) is 10.2 Å². The van der Waals surface area contributed by atoms with Crippen LogP contribution in [0, 0.1) is 6.92 Å². The lowest BCUT2D eigenvalue weighted by Gasteiger charge is -2.34. The Bertz CT molecular complexity index is 1360. The summed E-state index contributed by atoms with van der Waals surface area (Å²) in [5, 5.41) is 3.48. The zero-order valence-electron chi connectivity index (χ0n) is 22.8. The van der Waals surface area contributed by atoms with Crippen LogP contribution < -0.4 is 9.62 Å². The van der Waals surface area contributed by atoms with E-state index < -0.39 is 28.5 Å². The average Bonchev–Trinajstić information content (AvgIpc) is 2.90. The van der Waals surface area contributed by atoms with Crippen molar-refractivity contribution >= 4 is 39.1 Å². The first-order chi connectivity index (χ1) is 18.5. The van der Waals surface area contributed by atoms with Gasteiger partial charge >= 0.3 is 0 Å². The van der Waals surface area contributed by atoms with E-state index in [1.54, 1.807) is 24.3 Å². The van der Waals surface area contributed by atoms with Crippen LogP contribution in [-0.2, 0) is 32.6 Å². The number of rotatable bonds is 12. The van der Waals surface area contributed by atoms with E-state index in [0.29, 0.717) is 10.7 Å². The third-order valence-electron chi connectivity index (χ3n) is 6.67. The molecule has 3 aromatic carbocycles. The van der Waals surface area contributed by atoms with Crippen LogP contribution in [0.2, 0.25) is 5.02 Å². The summed E-state index contributed by atoms with van der Waals surface area (Å²) in [5.41, 5.74) is 3.04. The van der Waals surface area contributed by atoms with Crippen molar-refractivity contribution in [2.45, 2.75) is 52.2 Å². The van der Waals surface area contributed by atoms with E-state index >= 15 is 0 Å². The number of nitrogens with zero attached hydrogens (tertiary/aromatic N) is 2. The van der Waals surface area contributed by atoms with Crippen LogP contribution in [-0.4, -0.2) is 50.0 Å². The second-order valence-corrected chi connectivity index (χ2v) is 12.1. The zero-order chi connectivity index (χ0) is 28.6. The summed E-state index contributed by atoms with van der Waals surface area (Å²) in [6, 6.07) is 22.4. The molecule has 2 atom stereocenters. The molecule has 0 bridgehead atoms. The standard InChI is InChI=1S/C30H36ClN3O4S/c1-5-23(3)32-30(36)28(19-24-12-7-6-8-13-24)33(20-25-14-10-9-11-22(25)2)29(35)21-34(39(4,37)38)27-17-15-26(31)16-18-27/h6-18,23,28H,5,19-21H2,1-4H3,(H,32,36)/t23-,28+/m1/s1. The molecule has 208 valence electrons. The van der Waals surface area contributed by atoms with Crippen LogP contribution in [0.5, 0.6) is 0 Å². The van der Waals surface area contributed by atoms with Gasteiger partial charge in [0.25, 0.3) is 0 Å². The Morgan fingerprint density at radius 3 is 2.15 bits per heavy atom. The van der Waals surface area contributed by atoms with E-state index in [4.69, 9.17) is 11.6 Å². The molecule has 0 unspecified atom stereocenters. The quantitative estimate of drug-likeness (QED) is 0.334. The van der Waals surface area contributed by atoms with Gasteiger partial charge in [-0.1, -0.05) is 73.1 Å². The third kappa shape index (κ3) is 8.57. The summed E-state index contributed by atoms with van der Waals surface area (Å²) < 4.78 is 26.7. The van der Waals surface area contributed by atoms with Crippen molar-refractivity contribution in [3.8, 4) is 0 Å². The highest BCUT2D eigenvalue weighted by Crippen LogP contribution is 2.23. The van der Waals surface area contributed by atoms with E-state index in [1.807, 2.05) is 75.4 Å². The predicted octanol–water partition coefficient (Wildman–Crippen LogP) is 4.97. The molecule has 7 nitrogen and oxygen atoms in total. The van der Waals surface area contributed by atoms with Gasteiger partial charge in [0.15, 0.2) is 0 Å². The molecule has 0 fully saturated rings. The molecule has 0 aliphatic carbocycles. The fourth-order valence-electron chi connectivity index (χ4n) is 4.19. The van der Waals surface area contributed by atoms with Gasteiger partial charge in [-0.15, -0.1) is 0 Å². The first-order valence-electron chi connectivity index (χ1n) is 12.9. The molecule has 0 heterocycles. The molecule has 3 aromatic rings. The topological polar surface area (TPSA) is 86.8 Å². The molecular formula is C30H36ClN3O4S. The summed E-state index contributed by atoms with van der Waals surface area (Å²) in [4.78, 5) is 29.2. The maximum Gasteiger partial charge on any atom is 0.244 e. The Morgan fingerprint density at radius 2 is 1.56 bits per heavy atom. The third-order valence-corrected chi connectivity index (χ3v) is 8.06. The molecule has 9 heteroatoms. The van der Waals surface area contributed by atoms with E-state index in [2.05, 4.69) is 5.32 Å². The van der Waals surface area contributed by atoms with Gasteiger partial charge in [-0.05, 0) is 61.2 Å². The van der Waals surface area contributed by atoms with Gasteiger partial charge in [0.05, 0.1) is 11.9 Å². The second-order valence-electron chi connectivity index (χ2n) is 9.72. The summed E-state index contributed by atoms with van der Waals surface area (Å²) in [5.74, 6) is -0.772.